The van der Waals surface area contributed by atoms with E-state index >= 15 is 0 Å². The van der Waals surface area contributed by atoms with Gasteiger partial charge in [0.15, 0.2) is 0 Å². The van der Waals surface area contributed by atoms with E-state index in [0.717, 1.165) is 16.7 Å². The number of methoxy groups -OCH3 is 1. The summed E-state index contributed by atoms with van der Waals surface area (Å²) >= 11 is 0. The fourth-order valence-electron chi connectivity index (χ4n) is 4.51. The van der Waals surface area contributed by atoms with Crippen molar-refractivity contribution in [2.75, 3.05) is 37.0 Å². The van der Waals surface area contributed by atoms with Crippen LogP contribution in [0.25, 0.3) is 5.57 Å². The second kappa shape index (κ2) is 12.1. The molecule has 3 aromatic carbocycles. The number of anilines is 2. The highest BCUT2D eigenvalue weighted by molar-refractivity contribution is 6.09. The number of hydrogen-bond donors (Lipinski definition) is 2. The Bertz CT molecular complexity index is 1330. The van der Waals surface area contributed by atoms with Gasteiger partial charge in [0.25, 0.3) is 5.91 Å². The highest BCUT2D eigenvalue weighted by Crippen LogP contribution is 2.35. The maximum absolute atomic E-state index is 14.0. The smallest absolute Gasteiger partial charge is 0.320 e. The number of nitrogens with one attached hydrogen (secondary N) is 2. The molecule has 4 rings (SSSR count). The Labute approximate surface area is 222 Å². The molecule has 1 aliphatic heterocycles. The van der Waals surface area contributed by atoms with Crippen molar-refractivity contribution in [3.63, 3.8) is 0 Å². The molecule has 0 bridgehead atoms. The molecule has 0 saturated carbocycles. The van der Waals surface area contributed by atoms with Crippen molar-refractivity contribution in [3.05, 3.63) is 96.1 Å². The van der Waals surface area contributed by atoms with Gasteiger partial charge in [-0.1, -0.05) is 54.6 Å². The molecule has 8 nitrogen and oxygen atoms in total. The van der Waals surface area contributed by atoms with Gasteiger partial charge in [-0.15, -0.1) is 0 Å². The molecule has 0 aliphatic carbocycles. The lowest BCUT2D eigenvalue weighted by Gasteiger charge is -2.28. The number of amides is 4. The van der Waals surface area contributed by atoms with E-state index in [4.69, 9.17) is 4.74 Å². The summed E-state index contributed by atoms with van der Waals surface area (Å²) in [5.41, 5.74) is 3.62. The molecule has 1 heterocycles. The van der Waals surface area contributed by atoms with Crippen LogP contribution in [0.2, 0.25) is 0 Å². The zero-order valence-electron chi connectivity index (χ0n) is 21.8. The second-order valence-electron chi connectivity index (χ2n) is 8.76. The fourth-order valence-corrected chi connectivity index (χ4v) is 4.51. The summed E-state index contributed by atoms with van der Waals surface area (Å²) in [6.07, 6.45) is 1.75. The Morgan fingerprint density at radius 2 is 1.66 bits per heavy atom. The van der Waals surface area contributed by atoms with Crippen LogP contribution in [0.4, 0.5) is 16.2 Å². The molecule has 0 spiro atoms. The third-order valence-corrected chi connectivity index (χ3v) is 6.46. The molecule has 4 amide bonds. The minimum Gasteiger partial charge on any atom is -0.497 e. The van der Waals surface area contributed by atoms with Crippen LogP contribution in [0.15, 0.2) is 84.9 Å². The highest BCUT2D eigenvalue weighted by Gasteiger charge is 2.33. The summed E-state index contributed by atoms with van der Waals surface area (Å²) < 4.78 is 5.23. The van der Waals surface area contributed by atoms with Crippen LogP contribution >= 0.6 is 0 Å². The van der Waals surface area contributed by atoms with Crippen molar-refractivity contribution in [2.24, 2.45) is 0 Å². The highest BCUT2D eigenvalue weighted by atomic mass is 16.5. The van der Waals surface area contributed by atoms with Gasteiger partial charge >= 0.3 is 6.03 Å². The number of fused-ring (bicyclic) bond motifs is 1. The topological polar surface area (TPSA) is 91.0 Å². The maximum atomic E-state index is 14.0. The monoisotopic (exact) mass is 512 g/mol. The van der Waals surface area contributed by atoms with Gasteiger partial charge in [-0.2, -0.15) is 0 Å². The summed E-state index contributed by atoms with van der Waals surface area (Å²) in [6.45, 7) is 4.75. The molecule has 2 N–H and O–H groups in total. The fraction of sp³-hybridized carbons (Fsp3) is 0.233. The number of hydrogen-bond acceptors (Lipinski definition) is 4. The van der Waals surface area contributed by atoms with Gasteiger partial charge in [-0.25, -0.2) is 4.79 Å². The first-order chi connectivity index (χ1) is 18.4. The van der Waals surface area contributed by atoms with E-state index in [1.807, 2.05) is 68.4 Å². The molecule has 0 radical (unpaired) electrons. The van der Waals surface area contributed by atoms with Crippen molar-refractivity contribution in [3.8, 4) is 5.75 Å². The molecule has 38 heavy (non-hydrogen) atoms. The van der Waals surface area contributed by atoms with Crippen LogP contribution in [0.3, 0.4) is 0 Å². The van der Waals surface area contributed by atoms with Crippen LogP contribution < -0.4 is 20.3 Å². The lowest BCUT2D eigenvalue weighted by Crippen LogP contribution is -2.51. The number of urea groups is 1. The van der Waals surface area contributed by atoms with Crippen LogP contribution in [0, 0.1) is 0 Å². The van der Waals surface area contributed by atoms with Crippen LogP contribution in [-0.2, 0) is 9.59 Å². The molecule has 8 heteroatoms. The van der Waals surface area contributed by atoms with E-state index in [-0.39, 0.29) is 12.5 Å². The molecule has 1 unspecified atom stereocenters. The Hall–Kier alpha value is -4.59. The zero-order valence-corrected chi connectivity index (χ0v) is 21.8. The molecule has 1 aliphatic rings. The molecule has 196 valence electrons. The van der Waals surface area contributed by atoms with E-state index in [0.29, 0.717) is 30.2 Å². The maximum Gasteiger partial charge on any atom is 0.320 e. The quantitative estimate of drug-likeness (QED) is 0.464. The van der Waals surface area contributed by atoms with Gasteiger partial charge in [0.1, 0.15) is 18.3 Å². The molecular weight excluding hydrogens is 480 g/mol. The van der Waals surface area contributed by atoms with E-state index < -0.39 is 18.0 Å². The van der Waals surface area contributed by atoms with Gasteiger partial charge in [0.05, 0.1) is 12.8 Å². The first-order valence-electron chi connectivity index (χ1n) is 12.6. The van der Waals surface area contributed by atoms with Gasteiger partial charge in [0, 0.05) is 30.4 Å². The van der Waals surface area contributed by atoms with E-state index in [1.54, 1.807) is 42.4 Å². The molecule has 0 saturated heterocycles. The van der Waals surface area contributed by atoms with Crippen molar-refractivity contribution < 1.29 is 19.1 Å². The minimum atomic E-state index is -1.02. The Kier molecular flexibility index (Phi) is 8.43. The van der Waals surface area contributed by atoms with Gasteiger partial charge in [-0.05, 0) is 49.3 Å². The zero-order chi connectivity index (χ0) is 27.1. The first-order valence-corrected chi connectivity index (χ1v) is 12.6. The Morgan fingerprint density at radius 3 is 2.37 bits per heavy atom. The molecule has 1 atom stereocenters. The lowest BCUT2D eigenvalue weighted by molar-refractivity contribution is -0.131. The van der Waals surface area contributed by atoms with Gasteiger partial charge in [0.2, 0.25) is 5.91 Å². The molecule has 0 aromatic heterocycles. The molecular formula is C30H32N4O4. The number of rotatable bonds is 8. The lowest BCUT2D eigenvalue weighted by atomic mass is 9.95. The van der Waals surface area contributed by atoms with Crippen molar-refractivity contribution in [2.45, 2.75) is 19.9 Å². The average molecular weight is 513 g/mol. The summed E-state index contributed by atoms with van der Waals surface area (Å²) in [5.74, 6) is 0.0294. The summed E-state index contributed by atoms with van der Waals surface area (Å²) in [4.78, 5) is 43.3. The van der Waals surface area contributed by atoms with Crippen LogP contribution in [0.1, 0.15) is 25.0 Å². The predicted molar refractivity (Wildman–Crippen MR) is 149 cm³/mol. The molecule has 0 fully saturated rings. The standard InChI is InChI=1S/C30H32N4O4/c1-4-33(5-2)28(35)20-34-27-17-10-9-16-24(27)25(21-12-7-6-8-13-21)19-26(29(34)36)32-30(37)31-22-14-11-15-23(18-22)38-3/h6-19,26H,4-5,20H2,1-3H3,(H2,31,32,37). The molecule has 3 aromatic rings. The van der Waals surface area contributed by atoms with Gasteiger partial charge in [-0.3, -0.25) is 9.59 Å². The van der Waals surface area contributed by atoms with Crippen molar-refractivity contribution in [1.29, 1.82) is 0 Å². The average Bonchev–Trinajstić information content (AvgIpc) is 3.05. The van der Waals surface area contributed by atoms with Gasteiger partial charge < -0.3 is 25.2 Å². The van der Waals surface area contributed by atoms with E-state index in [1.165, 1.54) is 4.90 Å². The normalized spacial score (nSPS) is 14.6. The predicted octanol–water partition coefficient (Wildman–Crippen LogP) is 4.53. The van der Waals surface area contributed by atoms with Crippen LogP contribution in [-0.4, -0.2) is 55.5 Å². The largest absolute Gasteiger partial charge is 0.497 e. The first kappa shape index (κ1) is 26.5. The number of ether oxygens (including phenoxy) is 1. The Morgan fingerprint density at radius 1 is 0.947 bits per heavy atom. The minimum absolute atomic E-state index is 0.136. The second-order valence-corrected chi connectivity index (χ2v) is 8.76. The summed E-state index contributed by atoms with van der Waals surface area (Å²) in [7, 11) is 1.55. The Balaban J connectivity index is 1.73. The van der Waals surface area contributed by atoms with Crippen molar-refractivity contribution >= 4 is 34.8 Å². The van der Waals surface area contributed by atoms with E-state index in [2.05, 4.69) is 10.6 Å². The summed E-state index contributed by atoms with van der Waals surface area (Å²) in [5, 5.41) is 5.57. The number of benzene rings is 3. The number of carbonyl (C=O) groups excluding carboxylic acids is 3. The van der Waals surface area contributed by atoms with E-state index in [9.17, 15) is 14.4 Å². The third-order valence-electron chi connectivity index (χ3n) is 6.46. The third kappa shape index (κ3) is 5.86. The SMILES string of the molecule is CCN(CC)C(=O)CN1C(=O)C(NC(=O)Nc2cccc(OC)c2)C=C(c2ccccc2)c2ccccc21. The number of para-hydroxylation sites is 1. The number of carbonyl (C=O) groups is 3. The van der Waals surface area contributed by atoms with Crippen molar-refractivity contribution in [1.82, 2.24) is 10.2 Å². The number of nitrogens with zero attached hydrogens (tertiary/aromatic N) is 2. The number of likely N-dealkylation sites (N-methyl/N-ethyl adjacent to an activating group) is 1. The summed E-state index contributed by atoms with van der Waals surface area (Å²) in [6, 6.07) is 22.5. The van der Waals surface area contributed by atoms with Crippen LogP contribution in [0.5, 0.6) is 5.75 Å².